The van der Waals surface area contributed by atoms with Gasteiger partial charge in [0.05, 0.1) is 6.61 Å². The van der Waals surface area contributed by atoms with Crippen LogP contribution in [0.1, 0.15) is 52.9 Å². The Balaban J connectivity index is 2.26. The zero-order valence-electron chi connectivity index (χ0n) is 12.8. The van der Waals surface area contributed by atoms with Crippen LogP contribution in [0.4, 0.5) is 0 Å². The van der Waals surface area contributed by atoms with Gasteiger partial charge in [0.2, 0.25) is 0 Å². The van der Waals surface area contributed by atoms with Crippen molar-refractivity contribution in [1.82, 2.24) is 0 Å². The first-order chi connectivity index (χ1) is 9.52. The third-order valence-electron chi connectivity index (χ3n) is 3.75. The Bertz CT molecular complexity index is 338. The van der Waals surface area contributed by atoms with Gasteiger partial charge in [-0.1, -0.05) is 20.8 Å². The first-order valence-electron chi connectivity index (χ1n) is 7.58. The van der Waals surface area contributed by atoms with Crippen LogP contribution in [0, 0.1) is 11.8 Å². The molecule has 4 heteroatoms. The molecule has 1 fully saturated rings. The summed E-state index contributed by atoms with van der Waals surface area (Å²) in [6.45, 7) is 6.76. The van der Waals surface area contributed by atoms with Gasteiger partial charge >= 0.3 is 11.9 Å². The molecule has 1 rings (SSSR count). The molecule has 0 aromatic rings. The lowest BCUT2D eigenvalue weighted by atomic mass is 9.80. The Hall–Kier alpha value is -1.32. The van der Waals surface area contributed by atoms with E-state index in [1.54, 1.807) is 0 Å². The topological polar surface area (TPSA) is 52.6 Å². The van der Waals surface area contributed by atoms with E-state index in [4.69, 9.17) is 9.47 Å². The van der Waals surface area contributed by atoms with Crippen LogP contribution in [0.2, 0.25) is 0 Å². The highest BCUT2D eigenvalue weighted by Crippen LogP contribution is 2.31. The second-order valence-electron chi connectivity index (χ2n) is 5.72. The van der Waals surface area contributed by atoms with Crippen molar-refractivity contribution >= 4 is 11.9 Å². The van der Waals surface area contributed by atoms with E-state index in [-0.39, 0.29) is 6.10 Å². The van der Waals surface area contributed by atoms with Crippen LogP contribution in [0.25, 0.3) is 0 Å². The van der Waals surface area contributed by atoms with Crippen molar-refractivity contribution in [3.05, 3.63) is 12.2 Å². The van der Waals surface area contributed by atoms with Crippen molar-refractivity contribution in [2.75, 3.05) is 6.61 Å². The summed E-state index contributed by atoms with van der Waals surface area (Å²) < 4.78 is 10.2. The van der Waals surface area contributed by atoms with Crippen LogP contribution in [-0.4, -0.2) is 24.6 Å². The summed E-state index contributed by atoms with van der Waals surface area (Å²) in [5.74, 6) is 0.489. The summed E-state index contributed by atoms with van der Waals surface area (Å²) in [7, 11) is 0. The molecule has 0 spiro atoms. The maximum atomic E-state index is 11.6. The van der Waals surface area contributed by atoms with Gasteiger partial charge in [-0.2, -0.15) is 0 Å². The molecule has 0 atom stereocenters. The molecule has 1 aliphatic carbocycles. The Morgan fingerprint density at radius 2 is 1.70 bits per heavy atom. The summed E-state index contributed by atoms with van der Waals surface area (Å²) in [5, 5.41) is 0. The second-order valence-corrected chi connectivity index (χ2v) is 5.72. The smallest absolute Gasteiger partial charge is 0.331 e. The number of hydrogen-bond donors (Lipinski definition) is 0. The van der Waals surface area contributed by atoms with Crippen molar-refractivity contribution in [3.8, 4) is 0 Å². The van der Waals surface area contributed by atoms with Crippen molar-refractivity contribution in [2.45, 2.75) is 59.0 Å². The van der Waals surface area contributed by atoms with Gasteiger partial charge in [0, 0.05) is 12.2 Å². The molecule has 114 valence electrons. The minimum Gasteiger partial charge on any atom is -0.463 e. The Kier molecular flexibility index (Phi) is 7.34. The molecule has 1 saturated carbocycles. The van der Waals surface area contributed by atoms with Gasteiger partial charge in [0.1, 0.15) is 6.10 Å². The van der Waals surface area contributed by atoms with E-state index >= 15 is 0 Å². The molecule has 0 amide bonds. The average Bonchev–Trinajstić information content (AvgIpc) is 2.43. The van der Waals surface area contributed by atoms with Crippen LogP contribution in [0.5, 0.6) is 0 Å². The first kappa shape index (κ1) is 16.7. The number of carbonyl (C=O) groups excluding carboxylic acids is 2. The molecule has 0 saturated heterocycles. The largest absolute Gasteiger partial charge is 0.463 e. The van der Waals surface area contributed by atoms with E-state index in [1.807, 2.05) is 6.92 Å². The quantitative estimate of drug-likeness (QED) is 0.554. The summed E-state index contributed by atoms with van der Waals surface area (Å²) in [6, 6.07) is 0. The molecule has 0 aliphatic heterocycles. The number of esters is 2. The monoisotopic (exact) mass is 282 g/mol. The lowest BCUT2D eigenvalue weighted by Crippen LogP contribution is -2.25. The lowest BCUT2D eigenvalue weighted by Gasteiger charge is -2.30. The second kappa shape index (κ2) is 8.77. The molecular weight excluding hydrogens is 256 g/mol. The molecule has 0 bridgehead atoms. The zero-order chi connectivity index (χ0) is 15.0. The van der Waals surface area contributed by atoms with Crippen LogP contribution in [0.15, 0.2) is 12.2 Å². The average molecular weight is 282 g/mol. The first-order valence-corrected chi connectivity index (χ1v) is 7.58. The molecule has 20 heavy (non-hydrogen) atoms. The van der Waals surface area contributed by atoms with Gasteiger partial charge in [-0.25, -0.2) is 9.59 Å². The van der Waals surface area contributed by atoms with E-state index < -0.39 is 11.9 Å². The summed E-state index contributed by atoms with van der Waals surface area (Å²) in [6.07, 6.45) is 7.11. The molecule has 4 nitrogen and oxygen atoms in total. The fraction of sp³-hybridized carbons (Fsp3) is 0.750. The van der Waals surface area contributed by atoms with Crippen LogP contribution < -0.4 is 0 Å². The van der Waals surface area contributed by atoms with Gasteiger partial charge in [0.15, 0.2) is 0 Å². The maximum absolute atomic E-state index is 11.6. The van der Waals surface area contributed by atoms with Gasteiger partial charge < -0.3 is 9.47 Å². The van der Waals surface area contributed by atoms with E-state index in [0.717, 1.165) is 50.2 Å². The number of hydrogen-bond acceptors (Lipinski definition) is 4. The van der Waals surface area contributed by atoms with Crippen molar-refractivity contribution < 1.29 is 19.1 Å². The van der Waals surface area contributed by atoms with Crippen LogP contribution in [0.3, 0.4) is 0 Å². The Labute approximate surface area is 121 Å². The molecular formula is C16H26O4. The van der Waals surface area contributed by atoms with E-state index in [1.165, 1.54) is 0 Å². The molecule has 0 N–H and O–H groups in total. The van der Waals surface area contributed by atoms with E-state index in [9.17, 15) is 9.59 Å². The van der Waals surface area contributed by atoms with E-state index in [0.29, 0.717) is 12.5 Å². The van der Waals surface area contributed by atoms with Crippen molar-refractivity contribution in [2.24, 2.45) is 11.8 Å². The summed E-state index contributed by atoms with van der Waals surface area (Å²) in [4.78, 5) is 22.8. The van der Waals surface area contributed by atoms with Gasteiger partial charge in [-0.15, -0.1) is 0 Å². The lowest BCUT2D eigenvalue weighted by molar-refractivity contribution is -0.145. The summed E-state index contributed by atoms with van der Waals surface area (Å²) in [5.41, 5.74) is 0. The zero-order valence-corrected chi connectivity index (χ0v) is 12.8. The predicted octanol–water partition coefficient (Wildman–Crippen LogP) is 3.25. The highest BCUT2D eigenvalue weighted by molar-refractivity contribution is 5.91. The van der Waals surface area contributed by atoms with E-state index in [2.05, 4.69) is 13.8 Å². The van der Waals surface area contributed by atoms with Crippen LogP contribution in [-0.2, 0) is 19.1 Å². The molecule has 0 heterocycles. The number of ether oxygens (including phenoxy) is 2. The molecule has 1 aliphatic rings. The minimum absolute atomic E-state index is 0.00573. The molecule has 0 aromatic heterocycles. The third-order valence-corrected chi connectivity index (χ3v) is 3.75. The number of rotatable bonds is 6. The summed E-state index contributed by atoms with van der Waals surface area (Å²) >= 11 is 0. The minimum atomic E-state index is -0.493. The molecule has 0 aromatic carbocycles. The van der Waals surface area contributed by atoms with Gasteiger partial charge in [-0.3, -0.25) is 0 Å². The Morgan fingerprint density at radius 1 is 1.10 bits per heavy atom. The number of carbonyl (C=O) groups is 2. The third kappa shape index (κ3) is 6.22. The normalized spacial score (nSPS) is 23.0. The van der Waals surface area contributed by atoms with Gasteiger partial charge in [0.25, 0.3) is 0 Å². The van der Waals surface area contributed by atoms with Crippen molar-refractivity contribution in [3.63, 3.8) is 0 Å². The van der Waals surface area contributed by atoms with Crippen molar-refractivity contribution in [1.29, 1.82) is 0 Å². The fourth-order valence-corrected chi connectivity index (χ4v) is 2.46. The highest BCUT2D eigenvalue weighted by atomic mass is 16.5. The molecule has 0 unspecified atom stereocenters. The predicted molar refractivity (Wildman–Crippen MR) is 77.1 cm³/mol. The van der Waals surface area contributed by atoms with Gasteiger partial charge in [-0.05, 0) is 43.9 Å². The SMILES string of the molecule is CCCOC(=O)/C=C/C(=O)OC1CCC(C(C)C)CC1. The standard InChI is InChI=1S/C16H26O4/c1-4-11-19-15(17)9-10-16(18)20-14-7-5-13(6-8-14)12(2)3/h9-10,12-14H,4-8,11H2,1-3H3/b10-9+. The highest BCUT2D eigenvalue weighted by Gasteiger charge is 2.25. The fourth-order valence-electron chi connectivity index (χ4n) is 2.46. The Morgan fingerprint density at radius 3 is 2.25 bits per heavy atom. The maximum Gasteiger partial charge on any atom is 0.331 e. The van der Waals surface area contributed by atoms with Crippen LogP contribution >= 0.6 is 0 Å². The molecule has 0 radical (unpaired) electrons.